The summed E-state index contributed by atoms with van der Waals surface area (Å²) in [4.78, 5) is 0. The number of benzene rings is 1. The summed E-state index contributed by atoms with van der Waals surface area (Å²) in [6.45, 7) is 0. The second kappa shape index (κ2) is 8.18. The molecular weight excluding hydrogens is 244 g/mol. The molecule has 50 valence electrons. The van der Waals surface area contributed by atoms with Crippen molar-refractivity contribution < 1.29 is 0 Å². The summed E-state index contributed by atoms with van der Waals surface area (Å²) < 4.78 is 0.875. The molecule has 0 unspecified atom stereocenters. The molecule has 0 saturated heterocycles. The van der Waals surface area contributed by atoms with E-state index in [9.17, 15) is 0 Å². The third-order valence-corrected chi connectivity index (χ3v) is 0.667. The highest BCUT2D eigenvalue weighted by Gasteiger charge is 1.57. The Kier molecular flexibility index (Phi) is 8.34. The summed E-state index contributed by atoms with van der Waals surface area (Å²) in [5.41, 5.74) is 0. The monoisotopic (exact) mass is 250 g/mol. The Labute approximate surface area is 72.5 Å². The lowest BCUT2D eigenvalue weighted by Crippen LogP contribution is -1.47. The molecule has 0 aliphatic heterocycles. The molecule has 0 saturated carbocycles. The van der Waals surface area contributed by atoms with Crippen molar-refractivity contribution >= 4 is 31.9 Å². The van der Waals surface area contributed by atoms with E-state index in [0.717, 1.165) is 4.24 Å². The van der Waals surface area contributed by atoms with E-state index in [4.69, 9.17) is 0 Å². The van der Waals surface area contributed by atoms with Crippen molar-refractivity contribution in [1.29, 1.82) is 0 Å². The van der Waals surface area contributed by atoms with Crippen LogP contribution in [-0.2, 0) is 0 Å². The van der Waals surface area contributed by atoms with Gasteiger partial charge in [-0.15, -0.1) is 0 Å². The second-order valence-electron chi connectivity index (χ2n) is 1.26. The van der Waals surface area contributed by atoms with Gasteiger partial charge in [-0.3, -0.25) is 0 Å². The summed E-state index contributed by atoms with van der Waals surface area (Å²) in [6, 6.07) is 12.0. The fraction of sp³-hybridized carbons (Fsp3) is 0.143. The summed E-state index contributed by atoms with van der Waals surface area (Å²) in [7, 11) is 0. The maximum atomic E-state index is 3.06. The van der Waals surface area contributed by atoms with Crippen LogP contribution >= 0.6 is 31.9 Å². The minimum atomic E-state index is 0.875. The maximum absolute atomic E-state index is 3.06. The third kappa shape index (κ3) is 8.18. The van der Waals surface area contributed by atoms with Gasteiger partial charge in [0, 0.05) is 0 Å². The van der Waals surface area contributed by atoms with Crippen LogP contribution in [0.1, 0.15) is 0 Å². The van der Waals surface area contributed by atoms with E-state index < -0.39 is 0 Å². The molecular formula is C7H8Br2. The lowest BCUT2D eigenvalue weighted by Gasteiger charge is -1.69. The van der Waals surface area contributed by atoms with E-state index in [-0.39, 0.29) is 0 Å². The Balaban J connectivity index is 0.000000187. The first kappa shape index (κ1) is 9.18. The van der Waals surface area contributed by atoms with Crippen LogP contribution in [0.25, 0.3) is 0 Å². The largest absolute Gasteiger partial charge is 0.0802 e. The Morgan fingerprint density at radius 2 is 0.778 bits per heavy atom. The van der Waals surface area contributed by atoms with Gasteiger partial charge in [-0.05, 0) is 0 Å². The number of alkyl halides is 2. The fourth-order valence-electron chi connectivity index (χ4n) is 0.385. The van der Waals surface area contributed by atoms with Gasteiger partial charge < -0.3 is 0 Å². The molecule has 9 heavy (non-hydrogen) atoms. The van der Waals surface area contributed by atoms with Gasteiger partial charge in [0.25, 0.3) is 0 Å². The molecule has 0 aliphatic carbocycles. The average molecular weight is 252 g/mol. The van der Waals surface area contributed by atoms with E-state index in [1.165, 1.54) is 0 Å². The number of hydrogen-bond acceptors (Lipinski definition) is 0. The molecule has 0 spiro atoms. The average Bonchev–Trinajstić information content (AvgIpc) is 1.93. The van der Waals surface area contributed by atoms with Gasteiger partial charge in [0.05, 0.1) is 4.24 Å². The lowest BCUT2D eigenvalue weighted by molar-refractivity contribution is 1.72. The Bertz CT molecular complexity index is 89.8. The van der Waals surface area contributed by atoms with Gasteiger partial charge in [-0.2, -0.15) is 0 Å². The molecule has 0 aromatic heterocycles. The van der Waals surface area contributed by atoms with E-state index >= 15 is 0 Å². The zero-order valence-electron chi connectivity index (χ0n) is 4.93. The number of rotatable bonds is 0. The minimum absolute atomic E-state index is 0.875. The molecule has 0 heterocycles. The molecule has 1 aromatic rings. The summed E-state index contributed by atoms with van der Waals surface area (Å²) >= 11 is 6.12. The van der Waals surface area contributed by atoms with Crippen LogP contribution in [0.15, 0.2) is 36.4 Å². The highest BCUT2D eigenvalue weighted by atomic mass is 79.9. The van der Waals surface area contributed by atoms with E-state index in [2.05, 4.69) is 31.9 Å². The maximum Gasteiger partial charge on any atom is 0.0588 e. The smallest absolute Gasteiger partial charge is 0.0588 e. The standard InChI is InChI=1S/C6H6.CH2Br2/c1-2-4-6-5-3-1;2-1-3/h1-6H;1H2. The zero-order chi connectivity index (χ0) is 6.95. The van der Waals surface area contributed by atoms with Crippen LogP contribution in [0.5, 0.6) is 0 Å². The SMILES string of the molecule is BrCBr.c1ccccc1. The quantitative estimate of drug-likeness (QED) is 0.620. The van der Waals surface area contributed by atoms with Crippen molar-refractivity contribution in [3.05, 3.63) is 36.4 Å². The first-order chi connectivity index (χ1) is 4.41. The number of hydrogen-bond donors (Lipinski definition) is 0. The van der Waals surface area contributed by atoms with Crippen LogP contribution in [0.2, 0.25) is 0 Å². The van der Waals surface area contributed by atoms with Crippen LogP contribution in [-0.4, -0.2) is 4.24 Å². The summed E-state index contributed by atoms with van der Waals surface area (Å²) in [5, 5.41) is 0. The highest BCUT2D eigenvalue weighted by molar-refractivity contribution is 9.24. The Hall–Kier alpha value is 0.180. The highest BCUT2D eigenvalue weighted by Crippen LogP contribution is 1.83. The van der Waals surface area contributed by atoms with Gasteiger partial charge in [0.1, 0.15) is 0 Å². The third-order valence-electron chi connectivity index (χ3n) is 0.667. The Morgan fingerprint density at radius 3 is 0.889 bits per heavy atom. The van der Waals surface area contributed by atoms with Crippen LogP contribution in [0.3, 0.4) is 0 Å². The minimum Gasteiger partial charge on any atom is -0.0802 e. The molecule has 0 amide bonds. The van der Waals surface area contributed by atoms with Crippen molar-refractivity contribution in [2.24, 2.45) is 0 Å². The molecule has 0 bridgehead atoms. The van der Waals surface area contributed by atoms with Gasteiger partial charge in [-0.1, -0.05) is 68.3 Å². The molecule has 0 aliphatic rings. The van der Waals surface area contributed by atoms with E-state index in [0.29, 0.717) is 0 Å². The molecule has 2 heteroatoms. The first-order valence-corrected chi connectivity index (χ1v) is 4.78. The molecule has 0 atom stereocenters. The second-order valence-corrected chi connectivity index (χ2v) is 3.88. The molecule has 0 nitrogen and oxygen atoms in total. The van der Waals surface area contributed by atoms with E-state index in [1.54, 1.807) is 0 Å². The molecule has 0 radical (unpaired) electrons. The number of halogens is 2. The topological polar surface area (TPSA) is 0 Å². The lowest BCUT2D eigenvalue weighted by atomic mass is 10.4. The van der Waals surface area contributed by atoms with Gasteiger partial charge in [0.15, 0.2) is 0 Å². The molecule has 0 N–H and O–H groups in total. The van der Waals surface area contributed by atoms with Crippen LogP contribution in [0.4, 0.5) is 0 Å². The summed E-state index contributed by atoms with van der Waals surface area (Å²) in [5.74, 6) is 0. The first-order valence-electron chi connectivity index (χ1n) is 2.53. The molecule has 1 rings (SSSR count). The van der Waals surface area contributed by atoms with Gasteiger partial charge >= 0.3 is 0 Å². The fourth-order valence-corrected chi connectivity index (χ4v) is 0.385. The predicted molar refractivity (Wildman–Crippen MR) is 49.2 cm³/mol. The van der Waals surface area contributed by atoms with Crippen LogP contribution in [0, 0.1) is 0 Å². The van der Waals surface area contributed by atoms with Gasteiger partial charge in [-0.25, -0.2) is 0 Å². The Morgan fingerprint density at radius 1 is 0.667 bits per heavy atom. The predicted octanol–water partition coefficient (Wildman–Crippen LogP) is 3.42. The normalized spacial score (nSPS) is 7.33. The van der Waals surface area contributed by atoms with Gasteiger partial charge in [0.2, 0.25) is 0 Å². The van der Waals surface area contributed by atoms with Crippen molar-refractivity contribution in [1.82, 2.24) is 0 Å². The van der Waals surface area contributed by atoms with Crippen molar-refractivity contribution in [3.8, 4) is 0 Å². The van der Waals surface area contributed by atoms with E-state index in [1.807, 2.05) is 36.4 Å². The van der Waals surface area contributed by atoms with Crippen molar-refractivity contribution in [2.45, 2.75) is 0 Å². The zero-order valence-corrected chi connectivity index (χ0v) is 8.10. The van der Waals surface area contributed by atoms with Crippen molar-refractivity contribution in [2.75, 3.05) is 4.24 Å². The molecule has 0 fully saturated rings. The summed E-state index contributed by atoms with van der Waals surface area (Å²) in [6.07, 6.45) is 0. The molecule has 1 aromatic carbocycles. The van der Waals surface area contributed by atoms with Crippen LogP contribution < -0.4 is 0 Å². The van der Waals surface area contributed by atoms with Crippen molar-refractivity contribution in [3.63, 3.8) is 0 Å².